The number of carbonyl (C=O) groups excluding carboxylic acids is 1. The molecule has 1 aromatic carbocycles. The van der Waals surface area contributed by atoms with Crippen LogP contribution in [0.2, 0.25) is 0 Å². The molecular formula is C16H13BrF3N3O3. The average Bonchev–Trinajstić information content (AvgIpc) is 2.52. The number of aliphatic hydroxyl groups excluding tert-OH is 1. The van der Waals surface area contributed by atoms with Gasteiger partial charge in [0, 0.05) is 25.0 Å². The molecule has 1 aliphatic heterocycles. The van der Waals surface area contributed by atoms with Gasteiger partial charge in [-0.3, -0.25) is 4.79 Å². The van der Waals surface area contributed by atoms with E-state index >= 15 is 0 Å². The van der Waals surface area contributed by atoms with Gasteiger partial charge in [-0.25, -0.2) is 4.98 Å². The third-order valence-electron chi connectivity index (χ3n) is 3.59. The van der Waals surface area contributed by atoms with E-state index in [9.17, 15) is 23.1 Å². The highest BCUT2D eigenvalue weighted by Gasteiger charge is 2.31. The number of aliphatic hydroxyl groups is 1. The highest BCUT2D eigenvalue weighted by Crippen LogP contribution is 2.28. The van der Waals surface area contributed by atoms with Crippen LogP contribution in [0.5, 0.6) is 5.75 Å². The molecule has 1 aromatic heterocycles. The predicted molar refractivity (Wildman–Crippen MR) is 91.2 cm³/mol. The van der Waals surface area contributed by atoms with E-state index in [0.717, 1.165) is 12.1 Å². The molecule has 0 unspecified atom stereocenters. The normalized spacial score (nSPS) is 14.7. The van der Waals surface area contributed by atoms with Crippen molar-refractivity contribution in [3.63, 3.8) is 0 Å². The number of nitrogens with zero attached hydrogens (tertiary/aromatic N) is 2. The fourth-order valence-electron chi connectivity index (χ4n) is 2.36. The molecular weight excluding hydrogens is 419 g/mol. The van der Waals surface area contributed by atoms with E-state index in [4.69, 9.17) is 0 Å². The molecule has 0 spiro atoms. The summed E-state index contributed by atoms with van der Waals surface area (Å²) in [7, 11) is 0. The van der Waals surface area contributed by atoms with Gasteiger partial charge in [-0.15, -0.1) is 13.2 Å². The first-order chi connectivity index (χ1) is 12.2. The van der Waals surface area contributed by atoms with Crippen molar-refractivity contribution in [2.24, 2.45) is 0 Å². The fraction of sp³-hybridized carbons (Fsp3) is 0.250. The smallest absolute Gasteiger partial charge is 0.406 e. The Morgan fingerprint density at radius 1 is 1.31 bits per heavy atom. The topological polar surface area (TPSA) is 74.7 Å². The van der Waals surface area contributed by atoms with E-state index < -0.39 is 12.3 Å². The van der Waals surface area contributed by atoms with Crippen molar-refractivity contribution in [1.29, 1.82) is 0 Å². The van der Waals surface area contributed by atoms with Crippen LogP contribution in [0.4, 0.5) is 24.7 Å². The maximum absolute atomic E-state index is 12.3. The zero-order chi connectivity index (χ0) is 18.9. The number of benzene rings is 1. The Morgan fingerprint density at radius 3 is 2.50 bits per heavy atom. The van der Waals surface area contributed by atoms with Gasteiger partial charge in [0.25, 0.3) is 5.91 Å². The number of rotatable bonds is 4. The number of β-amino-alcohol motifs (C(OH)–C–C–N with tert-alkyl or cyclic N) is 1. The van der Waals surface area contributed by atoms with Crippen LogP contribution in [-0.4, -0.2) is 41.6 Å². The Hall–Kier alpha value is -2.33. The SMILES string of the molecule is O=C(Nc1ccc(OC(F)(F)F)cc1)c1cnc(N2CC(O)C2)c(Br)c1. The summed E-state index contributed by atoms with van der Waals surface area (Å²) >= 11 is 3.34. The lowest BCUT2D eigenvalue weighted by molar-refractivity contribution is -0.274. The summed E-state index contributed by atoms with van der Waals surface area (Å²) in [5.41, 5.74) is 0.591. The number of anilines is 2. The number of hydrogen-bond donors (Lipinski definition) is 2. The molecule has 2 aromatic rings. The Morgan fingerprint density at radius 2 is 1.96 bits per heavy atom. The molecule has 1 saturated heterocycles. The molecule has 26 heavy (non-hydrogen) atoms. The summed E-state index contributed by atoms with van der Waals surface area (Å²) < 4.78 is 40.8. The Kier molecular flexibility index (Phi) is 5.05. The molecule has 6 nitrogen and oxygen atoms in total. The van der Waals surface area contributed by atoms with Crippen LogP contribution in [0.1, 0.15) is 10.4 Å². The van der Waals surface area contributed by atoms with E-state index in [1.807, 2.05) is 4.90 Å². The van der Waals surface area contributed by atoms with Crippen LogP contribution in [0, 0.1) is 0 Å². The third kappa shape index (κ3) is 4.44. The number of nitrogens with one attached hydrogen (secondary N) is 1. The fourth-order valence-corrected chi connectivity index (χ4v) is 2.96. The lowest BCUT2D eigenvalue weighted by Gasteiger charge is -2.37. The number of pyridine rings is 1. The number of amides is 1. The van der Waals surface area contributed by atoms with Gasteiger partial charge in [-0.1, -0.05) is 0 Å². The quantitative estimate of drug-likeness (QED) is 0.777. The number of ether oxygens (including phenoxy) is 1. The van der Waals surface area contributed by atoms with E-state index in [1.54, 1.807) is 6.07 Å². The second-order valence-corrected chi connectivity index (χ2v) is 6.47. The van der Waals surface area contributed by atoms with Crippen LogP contribution < -0.4 is 15.0 Å². The van der Waals surface area contributed by atoms with Crippen molar-refractivity contribution in [1.82, 2.24) is 4.98 Å². The zero-order valence-electron chi connectivity index (χ0n) is 13.1. The molecule has 3 rings (SSSR count). The summed E-state index contributed by atoms with van der Waals surface area (Å²) in [4.78, 5) is 18.3. The largest absolute Gasteiger partial charge is 0.573 e. The van der Waals surface area contributed by atoms with Gasteiger partial charge in [0.2, 0.25) is 0 Å². The summed E-state index contributed by atoms with van der Waals surface area (Å²) in [6, 6.07) is 6.41. The molecule has 1 fully saturated rings. The van der Waals surface area contributed by atoms with Crippen LogP contribution in [0.25, 0.3) is 0 Å². The number of aromatic nitrogens is 1. The Labute approximate surface area is 154 Å². The summed E-state index contributed by atoms with van der Waals surface area (Å²) in [5, 5.41) is 11.9. The summed E-state index contributed by atoms with van der Waals surface area (Å²) in [5.74, 6) is -0.209. The van der Waals surface area contributed by atoms with Crippen molar-refractivity contribution in [3.05, 3.63) is 46.6 Å². The molecule has 0 saturated carbocycles. The molecule has 1 aliphatic rings. The van der Waals surface area contributed by atoms with Crippen molar-refractivity contribution in [3.8, 4) is 5.75 Å². The van der Waals surface area contributed by atoms with Crippen LogP contribution in [0.3, 0.4) is 0 Å². The predicted octanol–water partition coefficient (Wildman–Crippen LogP) is 3.18. The van der Waals surface area contributed by atoms with Gasteiger partial charge in [-0.05, 0) is 46.3 Å². The van der Waals surface area contributed by atoms with Gasteiger partial charge < -0.3 is 20.1 Å². The monoisotopic (exact) mass is 431 g/mol. The molecule has 0 bridgehead atoms. The first-order valence-corrected chi connectivity index (χ1v) is 8.26. The summed E-state index contributed by atoms with van der Waals surface area (Å²) in [6.45, 7) is 0.951. The van der Waals surface area contributed by atoms with Crippen molar-refractivity contribution in [2.45, 2.75) is 12.5 Å². The number of alkyl halides is 3. The minimum atomic E-state index is -4.77. The van der Waals surface area contributed by atoms with E-state index in [2.05, 4.69) is 31.0 Å². The Balaban J connectivity index is 1.65. The zero-order valence-corrected chi connectivity index (χ0v) is 14.7. The van der Waals surface area contributed by atoms with Gasteiger partial charge >= 0.3 is 6.36 Å². The minimum Gasteiger partial charge on any atom is -0.406 e. The van der Waals surface area contributed by atoms with Crippen LogP contribution in [0.15, 0.2) is 41.0 Å². The first-order valence-electron chi connectivity index (χ1n) is 7.47. The molecule has 2 heterocycles. The lowest BCUT2D eigenvalue weighted by atomic mass is 10.1. The molecule has 0 atom stereocenters. The molecule has 10 heteroatoms. The van der Waals surface area contributed by atoms with E-state index in [1.165, 1.54) is 18.3 Å². The number of halogens is 4. The summed E-state index contributed by atoms with van der Waals surface area (Å²) in [6.07, 6.45) is -3.76. The second-order valence-electron chi connectivity index (χ2n) is 5.61. The maximum Gasteiger partial charge on any atom is 0.573 e. The molecule has 0 radical (unpaired) electrons. The molecule has 2 N–H and O–H groups in total. The minimum absolute atomic E-state index is 0.275. The maximum atomic E-state index is 12.3. The van der Waals surface area contributed by atoms with E-state index in [-0.39, 0.29) is 17.4 Å². The number of carbonyl (C=O) groups is 1. The van der Waals surface area contributed by atoms with Crippen LogP contribution in [-0.2, 0) is 0 Å². The molecule has 0 aliphatic carbocycles. The van der Waals surface area contributed by atoms with Crippen LogP contribution >= 0.6 is 15.9 Å². The highest BCUT2D eigenvalue weighted by atomic mass is 79.9. The Bertz CT molecular complexity index is 809. The molecule has 1 amide bonds. The third-order valence-corrected chi connectivity index (χ3v) is 4.18. The van der Waals surface area contributed by atoms with Gasteiger partial charge in [0.15, 0.2) is 0 Å². The van der Waals surface area contributed by atoms with Crippen molar-refractivity contribution < 1.29 is 27.8 Å². The van der Waals surface area contributed by atoms with Crippen molar-refractivity contribution >= 4 is 33.3 Å². The second kappa shape index (κ2) is 7.12. The first kappa shape index (κ1) is 18.5. The number of hydrogen-bond acceptors (Lipinski definition) is 5. The standard InChI is InChI=1S/C16H13BrF3N3O3/c17-13-5-9(6-21-14(13)23-7-11(24)8-23)15(25)22-10-1-3-12(4-2-10)26-16(18,19)20/h1-6,11,24H,7-8H2,(H,22,25). The average molecular weight is 432 g/mol. The highest BCUT2D eigenvalue weighted by molar-refractivity contribution is 9.10. The van der Waals surface area contributed by atoms with Gasteiger partial charge in [-0.2, -0.15) is 0 Å². The van der Waals surface area contributed by atoms with Gasteiger partial charge in [0.05, 0.1) is 16.1 Å². The molecule has 138 valence electrons. The lowest BCUT2D eigenvalue weighted by Crippen LogP contribution is -2.51. The van der Waals surface area contributed by atoms with Crippen molar-refractivity contribution in [2.75, 3.05) is 23.3 Å². The van der Waals surface area contributed by atoms with E-state index in [0.29, 0.717) is 29.1 Å². The van der Waals surface area contributed by atoms with Gasteiger partial charge in [0.1, 0.15) is 11.6 Å².